The van der Waals surface area contributed by atoms with Gasteiger partial charge in [-0.1, -0.05) is 29.8 Å². The molecule has 0 saturated carbocycles. The van der Waals surface area contributed by atoms with Gasteiger partial charge in [-0.2, -0.15) is 0 Å². The Bertz CT molecular complexity index is 284. The minimum atomic E-state index is -0.683. The van der Waals surface area contributed by atoms with Crippen LogP contribution in [0.1, 0.15) is 24.1 Å². The molecule has 0 aromatic heterocycles. The second kappa shape index (κ2) is 5.85. The van der Waals surface area contributed by atoms with Crippen molar-refractivity contribution in [3.8, 4) is 0 Å². The Morgan fingerprint density at radius 1 is 1.27 bits per heavy atom. The van der Waals surface area contributed by atoms with E-state index in [0.29, 0.717) is 6.54 Å². The first-order valence-electron chi connectivity index (χ1n) is 5.22. The summed E-state index contributed by atoms with van der Waals surface area (Å²) in [5.41, 5.74) is 2.42. The second-order valence-electron chi connectivity index (χ2n) is 3.88. The van der Waals surface area contributed by atoms with Crippen molar-refractivity contribution in [3.63, 3.8) is 0 Å². The van der Waals surface area contributed by atoms with Crippen molar-refractivity contribution in [3.05, 3.63) is 35.4 Å². The number of aliphatic hydroxyl groups is 2. The molecule has 2 atom stereocenters. The summed E-state index contributed by atoms with van der Waals surface area (Å²) in [6, 6.07) is 8.45. The first-order chi connectivity index (χ1) is 7.13. The Kier molecular flexibility index (Phi) is 4.75. The Labute approximate surface area is 90.8 Å². The average Bonchev–Trinajstić information content (AvgIpc) is 2.26. The molecule has 0 radical (unpaired) electrons. The Morgan fingerprint density at radius 2 is 1.87 bits per heavy atom. The van der Waals surface area contributed by atoms with Crippen molar-refractivity contribution in [1.82, 2.24) is 5.32 Å². The first kappa shape index (κ1) is 12.2. The van der Waals surface area contributed by atoms with E-state index in [4.69, 9.17) is 5.11 Å². The molecule has 0 aliphatic carbocycles. The van der Waals surface area contributed by atoms with Gasteiger partial charge in [-0.15, -0.1) is 0 Å². The maximum atomic E-state index is 9.19. The smallest absolute Gasteiger partial charge is 0.0895 e. The van der Waals surface area contributed by atoms with Gasteiger partial charge in [0.15, 0.2) is 0 Å². The molecule has 84 valence electrons. The molecule has 3 nitrogen and oxygen atoms in total. The maximum Gasteiger partial charge on any atom is 0.0895 e. The normalized spacial score (nSPS) is 14.9. The van der Waals surface area contributed by atoms with Gasteiger partial charge >= 0.3 is 0 Å². The van der Waals surface area contributed by atoms with Crippen molar-refractivity contribution in [2.45, 2.75) is 26.0 Å². The van der Waals surface area contributed by atoms with Crippen molar-refractivity contribution in [2.75, 3.05) is 13.2 Å². The van der Waals surface area contributed by atoms with Crippen LogP contribution in [-0.4, -0.2) is 29.5 Å². The summed E-state index contributed by atoms with van der Waals surface area (Å²) in [5.74, 6) is 0. The fourth-order valence-corrected chi connectivity index (χ4v) is 1.35. The van der Waals surface area contributed by atoms with Gasteiger partial charge in [-0.25, -0.2) is 0 Å². The van der Waals surface area contributed by atoms with Crippen molar-refractivity contribution >= 4 is 0 Å². The van der Waals surface area contributed by atoms with Gasteiger partial charge in [-0.05, 0) is 19.4 Å². The summed E-state index contributed by atoms with van der Waals surface area (Å²) in [6.07, 6.45) is -0.683. The Balaban J connectivity index is 2.46. The summed E-state index contributed by atoms with van der Waals surface area (Å²) < 4.78 is 0. The van der Waals surface area contributed by atoms with Crippen LogP contribution in [-0.2, 0) is 0 Å². The van der Waals surface area contributed by atoms with Crippen LogP contribution in [0.15, 0.2) is 24.3 Å². The zero-order valence-electron chi connectivity index (χ0n) is 9.27. The summed E-state index contributed by atoms with van der Waals surface area (Å²) >= 11 is 0. The summed E-state index contributed by atoms with van der Waals surface area (Å²) in [6.45, 7) is 4.30. The quantitative estimate of drug-likeness (QED) is 0.678. The van der Waals surface area contributed by atoms with Crippen molar-refractivity contribution in [2.24, 2.45) is 0 Å². The molecular formula is C12H19NO2. The van der Waals surface area contributed by atoms with Gasteiger partial charge in [-0.3, -0.25) is 0 Å². The third kappa shape index (κ3) is 4.00. The second-order valence-corrected chi connectivity index (χ2v) is 3.88. The average molecular weight is 209 g/mol. The SMILES string of the molecule is Cc1ccc([C@H](C)NCC(O)CO)cc1. The molecule has 0 aliphatic heterocycles. The maximum absolute atomic E-state index is 9.19. The number of benzene rings is 1. The molecule has 0 amide bonds. The Morgan fingerprint density at radius 3 is 2.40 bits per heavy atom. The molecule has 0 spiro atoms. The fraction of sp³-hybridized carbons (Fsp3) is 0.500. The third-order valence-electron chi connectivity index (χ3n) is 2.45. The van der Waals surface area contributed by atoms with Gasteiger partial charge in [0.2, 0.25) is 0 Å². The number of aryl methyl sites for hydroxylation is 1. The van der Waals surface area contributed by atoms with Crippen LogP contribution in [0, 0.1) is 6.92 Å². The number of nitrogens with one attached hydrogen (secondary N) is 1. The van der Waals surface area contributed by atoms with Gasteiger partial charge < -0.3 is 15.5 Å². The molecule has 15 heavy (non-hydrogen) atoms. The highest BCUT2D eigenvalue weighted by atomic mass is 16.3. The topological polar surface area (TPSA) is 52.5 Å². The molecule has 3 heteroatoms. The monoisotopic (exact) mass is 209 g/mol. The lowest BCUT2D eigenvalue weighted by atomic mass is 10.1. The van der Waals surface area contributed by atoms with E-state index < -0.39 is 6.10 Å². The summed E-state index contributed by atoms with van der Waals surface area (Å²) in [5, 5.41) is 21.0. The van der Waals surface area contributed by atoms with E-state index in [9.17, 15) is 5.11 Å². The molecule has 1 aromatic carbocycles. The van der Waals surface area contributed by atoms with Crippen LogP contribution >= 0.6 is 0 Å². The van der Waals surface area contributed by atoms with E-state index in [-0.39, 0.29) is 12.6 Å². The summed E-state index contributed by atoms with van der Waals surface area (Å²) in [4.78, 5) is 0. The molecular weight excluding hydrogens is 190 g/mol. The fourth-order valence-electron chi connectivity index (χ4n) is 1.35. The van der Waals surface area contributed by atoms with E-state index in [2.05, 4.69) is 36.5 Å². The minimum absolute atomic E-state index is 0.187. The number of aliphatic hydroxyl groups excluding tert-OH is 2. The van der Waals surface area contributed by atoms with Gasteiger partial charge in [0, 0.05) is 12.6 Å². The lowest BCUT2D eigenvalue weighted by Gasteiger charge is -2.16. The van der Waals surface area contributed by atoms with Crippen LogP contribution in [0.5, 0.6) is 0 Å². The molecule has 0 saturated heterocycles. The highest BCUT2D eigenvalue weighted by molar-refractivity contribution is 5.23. The predicted octanol–water partition coefficient (Wildman–Crippen LogP) is 0.999. The highest BCUT2D eigenvalue weighted by Crippen LogP contribution is 2.12. The minimum Gasteiger partial charge on any atom is -0.394 e. The van der Waals surface area contributed by atoms with Crippen LogP contribution in [0.25, 0.3) is 0 Å². The standard InChI is InChI=1S/C12H19NO2/c1-9-3-5-11(6-4-9)10(2)13-7-12(15)8-14/h3-6,10,12-15H,7-8H2,1-2H3/t10-,12?/m0/s1. The van der Waals surface area contributed by atoms with Crippen LogP contribution in [0.2, 0.25) is 0 Å². The van der Waals surface area contributed by atoms with Crippen molar-refractivity contribution in [1.29, 1.82) is 0 Å². The van der Waals surface area contributed by atoms with E-state index in [0.717, 1.165) is 0 Å². The predicted molar refractivity (Wildman–Crippen MR) is 60.7 cm³/mol. The van der Waals surface area contributed by atoms with Gasteiger partial charge in [0.05, 0.1) is 12.7 Å². The number of hydrogen-bond acceptors (Lipinski definition) is 3. The van der Waals surface area contributed by atoms with E-state index in [1.807, 2.05) is 6.92 Å². The zero-order valence-corrected chi connectivity index (χ0v) is 9.27. The first-order valence-corrected chi connectivity index (χ1v) is 5.22. The highest BCUT2D eigenvalue weighted by Gasteiger charge is 2.07. The van der Waals surface area contributed by atoms with Crippen LogP contribution < -0.4 is 5.32 Å². The molecule has 0 fully saturated rings. The molecule has 0 bridgehead atoms. The molecule has 1 aromatic rings. The van der Waals surface area contributed by atoms with E-state index in [1.54, 1.807) is 0 Å². The van der Waals surface area contributed by atoms with E-state index >= 15 is 0 Å². The number of hydrogen-bond donors (Lipinski definition) is 3. The molecule has 1 rings (SSSR count). The molecule has 3 N–H and O–H groups in total. The Hall–Kier alpha value is -0.900. The molecule has 0 heterocycles. The molecule has 0 aliphatic rings. The van der Waals surface area contributed by atoms with Crippen molar-refractivity contribution < 1.29 is 10.2 Å². The number of rotatable bonds is 5. The van der Waals surface area contributed by atoms with Crippen LogP contribution in [0.3, 0.4) is 0 Å². The van der Waals surface area contributed by atoms with E-state index in [1.165, 1.54) is 11.1 Å². The molecule has 1 unspecified atom stereocenters. The van der Waals surface area contributed by atoms with Gasteiger partial charge in [0.25, 0.3) is 0 Å². The lowest BCUT2D eigenvalue weighted by molar-refractivity contribution is 0.0924. The zero-order chi connectivity index (χ0) is 11.3. The third-order valence-corrected chi connectivity index (χ3v) is 2.45. The van der Waals surface area contributed by atoms with Crippen LogP contribution in [0.4, 0.5) is 0 Å². The largest absolute Gasteiger partial charge is 0.394 e. The summed E-state index contributed by atoms with van der Waals surface area (Å²) in [7, 11) is 0. The van der Waals surface area contributed by atoms with Gasteiger partial charge in [0.1, 0.15) is 0 Å². The lowest BCUT2D eigenvalue weighted by Crippen LogP contribution is -2.31.